The van der Waals surface area contributed by atoms with E-state index in [0.29, 0.717) is 5.02 Å². The van der Waals surface area contributed by atoms with Crippen molar-refractivity contribution in [2.75, 3.05) is 14.2 Å². The van der Waals surface area contributed by atoms with Gasteiger partial charge in [-0.3, -0.25) is 14.9 Å². The molecule has 0 amide bonds. The fraction of sp³-hybridized carbons (Fsp3) is 0.500. The number of esters is 1. The number of benzene rings is 1. The van der Waals surface area contributed by atoms with Crippen LogP contribution >= 0.6 is 11.6 Å². The molecule has 1 aromatic rings. The first-order valence-corrected chi connectivity index (χ1v) is 6.84. The number of ether oxygens (including phenoxy) is 2. The van der Waals surface area contributed by atoms with Gasteiger partial charge in [-0.1, -0.05) is 23.7 Å². The molecule has 6 nitrogen and oxygen atoms in total. The van der Waals surface area contributed by atoms with E-state index in [2.05, 4.69) is 4.74 Å². The van der Waals surface area contributed by atoms with Crippen molar-refractivity contribution < 1.29 is 19.2 Å². The Hall–Kier alpha value is -1.66. The molecule has 0 bridgehead atoms. The SMILES string of the molecule is COC(=O)CC[C@@H](C[C@H](OC)c1ccc(Cl)cc1)[N+](=O)[O-]. The number of nitrogens with zero attached hydrogens (tertiary/aromatic N) is 1. The number of methoxy groups -OCH3 is 2. The van der Waals surface area contributed by atoms with E-state index in [4.69, 9.17) is 16.3 Å². The van der Waals surface area contributed by atoms with Crippen molar-refractivity contribution in [3.63, 3.8) is 0 Å². The van der Waals surface area contributed by atoms with E-state index in [1.165, 1.54) is 14.2 Å². The predicted molar refractivity (Wildman–Crippen MR) is 77.9 cm³/mol. The van der Waals surface area contributed by atoms with Crippen molar-refractivity contribution in [1.82, 2.24) is 0 Å². The minimum absolute atomic E-state index is 0.0131. The maximum absolute atomic E-state index is 11.1. The third-order valence-electron chi connectivity index (χ3n) is 3.22. The Morgan fingerprint density at radius 1 is 1.33 bits per heavy atom. The molecule has 116 valence electrons. The van der Waals surface area contributed by atoms with E-state index in [-0.39, 0.29) is 24.2 Å². The van der Waals surface area contributed by atoms with Crippen molar-refractivity contribution in [2.24, 2.45) is 0 Å². The van der Waals surface area contributed by atoms with Crippen LogP contribution in [-0.4, -0.2) is 31.2 Å². The fourth-order valence-corrected chi connectivity index (χ4v) is 2.11. The standard InChI is InChI=1S/C14H18ClNO5/c1-20-13(10-3-5-11(15)6-4-10)9-12(16(18)19)7-8-14(17)21-2/h3-6,12-13H,7-9H2,1-2H3/t12-,13-/m0/s1. The van der Waals surface area contributed by atoms with Gasteiger partial charge in [0, 0.05) is 29.9 Å². The van der Waals surface area contributed by atoms with Gasteiger partial charge in [0.1, 0.15) is 0 Å². The second-order valence-electron chi connectivity index (χ2n) is 4.57. The van der Waals surface area contributed by atoms with E-state index in [0.717, 1.165) is 5.56 Å². The van der Waals surface area contributed by atoms with Gasteiger partial charge in [0.25, 0.3) is 0 Å². The van der Waals surface area contributed by atoms with Crippen LogP contribution in [-0.2, 0) is 14.3 Å². The van der Waals surface area contributed by atoms with Gasteiger partial charge in [0.2, 0.25) is 6.04 Å². The summed E-state index contributed by atoms with van der Waals surface area (Å²) in [6.07, 6.45) is -0.107. The molecule has 0 unspecified atom stereocenters. The molecule has 0 aromatic heterocycles. The minimum Gasteiger partial charge on any atom is -0.469 e. The molecule has 0 aliphatic heterocycles. The Labute approximate surface area is 128 Å². The van der Waals surface area contributed by atoms with Gasteiger partial charge in [-0.15, -0.1) is 0 Å². The molecule has 0 fully saturated rings. The van der Waals surface area contributed by atoms with Crippen LogP contribution in [0, 0.1) is 10.1 Å². The monoisotopic (exact) mass is 315 g/mol. The highest BCUT2D eigenvalue weighted by molar-refractivity contribution is 6.30. The summed E-state index contributed by atoms with van der Waals surface area (Å²) in [7, 11) is 2.76. The lowest BCUT2D eigenvalue weighted by Crippen LogP contribution is -2.24. The molecule has 0 saturated heterocycles. The number of rotatable bonds is 8. The summed E-state index contributed by atoms with van der Waals surface area (Å²) in [5, 5.41) is 11.7. The maximum atomic E-state index is 11.1. The molecule has 0 aliphatic carbocycles. The van der Waals surface area contributed by atoms with Gasteiger partial charge in [-0.25, -0.2) is 0 Å². The van der Waals surface area contributed by atoms with Crippen molar-refractivity contribution in [1.29, 1.82) is 0 Å². The van der Waals surface area contributed by atoms with Gasteiger partial charge in [0.15, 0.2) is 0 Å². The van der Waals surface area contributed by atoms with Crippen LogP contribution in [0.3, 0.4) is 0 Å². The van der Waals surface area contributed by atoms with Gasteiger partial charge < -0.3 is 9.47 Å². The molecule has 0 spiro atoms. The van der Waals surface area contributed by atoms with Crippen LogP contribution in [0.15, 0.2) is 24.3 Å². The lowest BCUT2D eigenvalue weighted by Gasteiger charge is -2.18. The minimum atomic E-state index is -0.871. The summed E-state index contributed by atoms with van der Waals surface area (Å²) in [5.41, 5.74) is 0.812. The highest BCUT2D eigenvalue weighted by Gasteiger charge is 2.27. The Morgan fingerprint density at radius 2 is 1.95 bits per heavy atom. The number of carbonyl (C=O) groups is 1. The molecular weight excluding hydrogens is 298 g/mol. The van der Waals surface area contributed by atoms with Gasteiger partial charge in [0.05, 0.1) is 19.6 Å². The third-order valence-corrected chi connectivity index (χ3v) is 3.47. The highest BCUT2D eigenvalue weighted by Crippen LogP contribution is 2.26. The summed E-state index contributed by atoms with van der Waals surface area (Å²) >= 11 is 5.82. The molecule has 1 aromatic carbocycles. The Balaban J connectivity index is 2.72. The molecule has 0 N–H and O–H groups in total. The lowest BCUT2D eigenvalue weighted by atomic mass is 9.99. The molecule has 1 rings (SSSR count). The summed E-state index contributed by atoms with van der Waals surface area (Å²) < 4.78 is 9.83. The van der Waals surface area contributed by atoms with Crippen molar-refractivity contribution in [2.45, 2.75) is 31.4 Å². The van der Waals surface area contributed by atoms with E-state index < -0.39 is 18.1 Å². The number of carbonyl (C=O) groups excluding carboxylic acids is 1. The zero-order valence-corrected chi connectivity index (χ0v) is 12.7. The Bertz CT molecular complexity index is 477. The number of hydrogen-bond donors (Lipinski definition) is 0. The predicted octanol–water partition coefficient (Wildman–Crippen LogP) is 3.02. The van der Waals surface area contributed by atoms with Crippen molar-refractivity contribution in [3.8, 4) is 0 Å². The summed E-state index contributed by atoms with van der Waals surface area (Å²) in [4.78, 5) is 21.8. The highest BCUT2D eigenvalue weighted by atomic mass is 35.5. The molecule has 2 atom stereocenters. The third kappa shape index (κ3) is 5.69. The quantitative estimate of drug-likeness (QED) is 0.418. The molecule has 0 heterocycles. The molecule has 0 radical (unpaired) electrons. The van der Waals surface area contributed by atoms with E-state index in [1.54, 1.807) is 24.3 Å². The normalized spacial score (nSPS) is 13.5. The zero-order valence-electron chi connectivity index (χ0n) is 12.0. The molecule has 21 heavy (non-hydrogen) atoms. The molecule has 0 aliphatic rings. The fourth-order valence-electron chi connectivity index (χ4n) is 1.99. The van der Waals surface area contributed by atoms with Crippen LogP contribution in [0.25, 0.3) is 0 Å². The van der Waals surface area contributed by atoms with Gasteiger partial charge >= 0.3 is 5.97 Å². The maximum Gasteiger partial charge on any atom is 0.305 e. The second kappa shape index (κ2) is 8.59. The van der Waals surface area contributed by atoms with Gasteiger partial charge in [-0.05, 0) is 17.7 Å². The molecule has 7 heteroatoms. The van der Waals surface area contributed by atoms with E-state index in [1.807, 2.05) is 0 Å². The Morgan fingerprint density at radius 3 is 2.43 bits per heavy atom. The topological polar surface area (TPSA) is 78.7 Å². The smallest absolute Gasteiger partial charge is 0.305 e. The number of hydrogen-bond acceptors (Lipinski definition) is 5. The first-order valence-electron chi connectivity index (χ1n) is 6.46. The number of nitro groups is 1. The van der Waals surface area contributed by atoms with Crippen LogP contribution < -0.4 is 0 Å². The van der Waals surface area contributed by atoms with E-state index in [9.17, 15) is 14.9 Å². The average Bonchev–Trinajstić information content (AvgIpc) is 2.48. The van der Waals surface area contributed by atoms with Crippen LogP contribution in [0.4, 0.5) is 0 Å². The van der Waals surface area contributed by atoms with Crippen LogP contribution in [0.5, 0.6) is 0 Å². The second-order valence-corrected chi connectivity index (χ2v) is 5.00. The van der Waals surface area contributed by atoms with Crippen LogP contribution in [0.2, 0.25) is 5.02 Å². The first-order chi connectivity index (χ1) is 9.97. The summed E-state index contributed by atoms with van der Waals surface area (Å²) in [6, 6.07) is 6.09. The van der Waals surface area contributed by atoms with Crippen molar-refractivity contribution in [3.05, 3.63) is 45.0 Å². The average molecular weight is 316 g/mol. The summed E-state index contributed by atoms with van der Waals surface area (Å²) in [5.74, 6) is -0.456. The largest absolute Gasteiger partial charge is 0.469 e. The summed E-state index contributed by atoms with van der Waals surface area (Å²) in [6.45, 7) is 0. The van der Waals surface area contributed by atoms with Crippen molar-refractivity contribution >= 4 is 17.6 Å². The lowest BCUT2D eigenvalue weighted by molar-refractivity contribution is -0.526. The van der Waals surface area contributed by atoms with E-state index >= 15 is 0 Å². The zero-order chi connectivity index (χ0) is 15.8. The van der Waals surface area contributed by atoms with Gasteiger partial charge in [-0.2, -0.15) is 0 Å². The van der Waals surface area contributed by atoms with Crippen LogP contribution in [0.1, 0.15) is 30.9 Å². The number of halogens is 1. The first kappa shape index (κ1) is 17.4. The Kier molecular flexibility index (Phi) is 7.11. The molecular formula is C14H18ClNO5. The molecule has 0 saturated carbocycles.